The zero-order chi connectivity index (χ0) is 17.3. The first-order valence-corrected chi connectivity index (χ1v) is 8.82. The lowest BCUT2D eigenvalue weighted by atomic mass is 10.3. The number of hydrogen-bond acceptors (Lipinski definition) is 7. The molecule has 23 heavy (non-hydrogen) atoms. The van der Waals surface area contributed by atoms with Gasteiger partial charge in [0.25, 0.3) is 20.2 Å². The van der Waals surface area contributed by atoms with Crippen LogP contribution in [0.2, 0.25) is 0 Å². The van der Waals surface area contributed by atoms with Crippen molar-refractivity contribution in [3.63, 3.8) is 0 Å². The molecule has 0 atom stereocenters. The number of nitrogens with zero attached hydrogens (tertiary/aromatic N) is 2. The maximum atomic E-state index is 11.4. The van der Waals surface area contributed by atoms with Crippen molar-refractivity contribution in [2.45, 2.75) is 9.79 Å². The van der Waals surface area contributed by atoms with Crippen molar-refractivity contribution in [3.05, 3.63) is 42.5 Å². The summed E-state index contributed by atoms with van der Waals surface area (Å²) in [4.78, 5) is -1.48. The van der Waals surface area contributed by atoms with Gasteiger partial charge in [0.1, 0.15) is 15.5 Å². The second kappa shape index (κ2) is 6.04. The van der Waals surface area contributed by atoms with Crippen LogP contribution in [0.1, 0.15) is 0 Å². The van der Waals surface area contributed by atoms with Crippen LogP contribution in [-0.2, 0) is 20.2 Å². The highest BCUT2D eigenvalue weighted by atomic mass is 32.2. The van der Waals surface area contributed by atoms with Gasteiger partial charge in [-0.25, -0.2) is 0 Å². The Labute approximate surface area is 132 Å². The summed E-state index contributed by atoms with van der Waals surface area (Å²) >= 11 is 0. The van der Waals surface area contributed by atoms with Crippen LogP contribution in [0.25, 0.3) is 0 Å². The number of nitrogen functional groups attached to an aromatic ring is 1. The van der Waals surface area contributed by atoms with Crippen LogP contribution in [0.4, 0.5) is 17.1 Å². The van der Waals surface area contributed by atoms with E-state index >= 15 is 0 Å². The van der Waals surface area contributed by atoms with Gasteiger partial charge in [0.15, 0.2) is 0 Å². The molecule has 0 aliphatic heterocycles. The number of hydrogen-bond donors (Lipinski definition) is 3. The molecule has 0 saturated carbocycles. The number of azo groups is 1. The highest BCUT2D eigenvalue weighted by Gasteiger charge is 2.23. The average molecular weight is 357 g/mol. The molecule has 2 aromatic carbocycles. The molecule has 9 nitrogen and oxygen atoms in total. The quantitative estimate of drug-likeness (QED) is 0.429. The van der Waals surface area contributed by atoms with Gasteiger partial charge in [-0.2, -0.15) is 21.9 Å². The van der Waals surface area contributed by atoms with E-state index in [4.69, 9.17) is 10.3 Å². The SMILES string of the molecule is Nc1cc(S(=O)(=O)O)c(N=Nc2ccccc2)cc1S(=O)(=O)O. The Kier molecular flexibility index (Phi) is 4.47. The van der Waals surface area contributed by atoms with Crippen LogP contribution in [-0.4, -0.2) is 25.9 Å². The zero-order valence-corrected chi connectivity index (χ0v) is 13.0. The largest absolute Gasteiger partial charge is 0.398 e. The van der Waals surface area contributed by atoms with E-state index in [1.165, 1.54) is 0 Å². The Bertz CT molecular complexity index is 969. The van der Waals surface area contributed by atoms with Crippen molar-refractivity contribution in [3.8, 4) is 0 Å². The summed E-state index contributed by atoms with van der Waals surface area (Å²) in [6, 6.07) is 9.56. The van der Waals surface area contributed by atoms with Crippen molar-refractivity contribution in [2.75, 3.05) is 5.73 Å². The third kappa shape index (κ3) is 4.10. The molecule has 122 valence electrons. The molecule has 0 saturated heterocycles. The van der Waals surface area contributed by atoms with E-state index in [2.05, 4.69) is 10.2 Å². The van der Waals surface area contributed by atoms with Crippen molar-refractivity contribution in [1.29, 1.82) is 0 Å². The maximum Gasteiger partial charge on any atom is 0.296 e. The minimum Gasteiger partial charge on any atom is -0.398 e. The second-order valence-corrected chi connectivity index (χ2v) is 7.12. The molecule has 4 N–H and O–H groups in total. The number of benzene rings is 2. The third-order valence-electron chi connectivity index (χ3n) is 2.68. The van der Waals surface area contributed by atoms with Crippen LogP contribution >= 0.6 is 0 Å². The first-order valence-electron chi connectivity index (χ1n) is 5.94. The van der Waals surface area contributed by atoms with Crippen LogP contribution < -0.4 is 5.73 Å². The Hall–Kier alpha value is -2.34. The van der Waals surface area contributed by atoms with Crippen molar-refractivity contribution >= 4 is 37.3 Å². The highest BCUT2D eigenvalue weighted by molar-refractivity contribution is 7.86. The van der Waals surface area contributed by atoms with Gasteiger partial charge in [-0.05, 0) is 24.3 Å². The molecule has 0 bridgehead atoms. The molecule has 0 fully saturated rings. The molecule has 0 aliphatic carbocycles. The summed E-state index contributed by atoms with van der Waals surface area (Å²) in [7, 11) is -9.44. The molecular weight excluding hydrogens is 346 g/mol. The topological polar surface area (TPSA) is 159 Å². The van der Waals surface area contributed by atoms with Gasteiger partial charge in [-0.1, -0.05) is 18.2 Å². The Morgan fingerprint density at radius 3 is 1.91 bits per heavy atom. The molecule has 0 amide bonds. The normalized spacial score (nSPS) is 12.6. The minimum atomic E-state index is -4.73. The van der Waals surface area contributed by atoms with E-state index in [0.29, 0.717) is 17.8 Å². The smallest absolute Gasteiger partial charge is 0.296 e. The predicted molar refractivity (Wildman–Crippen MR) is 81.1 cm³/mol. The maximum absolute atomic E-state index is 11.4. The van der Waals surface area contributed by atoms with Crippen LogP contribution in [0.3, 0.4) is 0 Å². The van der Waals surface area contributed by atoms with E-state index in [1.54, 1.807) is 30.3 Å². The lowest BCUT2D eigenvalue weighted by molar-refractivity contribution is 0.479. The standard InChI is InChI=1S/C12H11N3O6S2/c13-9-6-12(23(19,20)21)10(7-11(9)22(16,17)18)15-14-8-4-2-1-3-5-8/h1-7H,13H2,(H,16,17,18)(H,19,20,21). The highest BCUT2D eigenvalue weighted by Crippen LogP contribution is 2.33. The van der Waals surface area contributed by atoms with E-state index in [-0.39, 0.29) is 0 Å². The predicted octanol–water partition coefficient (Wildman–Crippen LogP) is 2.18. The van der Waals surface area contributed by atoms with E-state index in [1.807, 2.05) is 0 Å². The Balaban J connectivity index is 2.66. The van der Waals surface area contributed by atoms with Crippen LogP contribution in [0.5, 0.6) is 0 Å². The Morgan fingerprint density at radius 1 is 0.826 bits per heavy atom. The summed E-state index contributed by atoms with van der Waals surface area (Å²) in [5.41, 5.74) is 4.71. The van der Waals surface area contributed by atoms with E-state index in [0.717, 1.165) is 0 Å². The van der Waals surface area contributed by atoms with Crippen molar-refractivity contribution < 1.29 is 25.9 Å². The number of anilines is 1. The van der Waals surface area contributed by atoms with Crippen molar-refractivity contribution in [1.82, 2.24) is 0 Å². The van der Waals surface area contributed by atoms with Gasteiger partial charge in [0.05, 0.1) is 11.4 Å². The molecule has 0 unspecified atom stereocenters. The second-order valence-electron chi connectivity index (χ2n) is 4.34. The van der Waals surface area contributed by atoms with Crippen LogP contribution in [0.15, 0.2) is 62.5 Å². The molecule has 0 aliphatic rings. The first kappa shape index (κ1) is 17.0. The number of rotatable bonds is 4. The van der Waals surface area contributed by atoms with Gasteiger partial charge in [0, 0.05) is 0 Å². The van der Waals surface area contributed by atoms with Gasteiger partial charge in [-0.3, -0.25) is 9.11 Å². The molecule has 0 aromatic heterocycles. The molecule has 2 aromatic rings. The summed E-state index contributed by atoms with van der Waals surface area (Å²) in [5.74, 6) is 0. The fourth-order valence-corrected chi connectivity index (χ4v) is 2.94. The zero-order valence-electron chi connectivity index (χ0n) is 11.4. The Morgan fingerprint density at radius 2 is 1.39 bits per heavy atom. The molecule has 0 spiro atoms. The van der Waals surface area contributed by atoms with E-state index in [9.17, 15) is 21.4 Å². The molecule has 2 rings (SSSR count). The van der Waals surface area contributed by atoms with E-state index < -0.39 is 41.4 Å². The molecular formula is C12H11N3O6S2. The summed E-state index contributed by atoms with van der Waals surface area (Å²) < 4.78 is 63.5. The monoisotopic (exact) mass is 357 g/mol. The van der Waals surface area contributed by atoms with Gasteiger partial charge >= 0.3 is 0 Å². The van der Waals surface area contributed by atoms with Crippen molar-refractivity contribution in [2.24, 2.45) is 10.2 Å². The third-order valence-corrected chi connectivity index (χ3v) is 4.47. The van der Waals surface area contributed by atoms with Gasteiger partial charge < -0.3 is 5.73 Å². The fraction of sp³-hybridized carbons (Fsp3) is 0. The molecule has 0 radical (unpaired) electrons. The minimum absolute atomic E-state index is 0.360. The lowest BCUT2D eigenvalue weighted by Crippen LogP contribution is -2.06. The average Bonchev–Trinajstić information content (AvgIpc) is 2.44. The summed E-state index contributed by atoms with van der Waals surface area (Å²) in [6.45, 7) is 0. The van der Waals surface area contributed by atoms with Gasteiger partial charge in [-0.15, -0.1) is 5.11 Å². The lowest BCUT2D eigenvalue weighted by Gasteiger charge is -2.07. The van der Waals surface area contributed by atoms with Crippen LogP contribution in [0, 0.1) is 0 Å². The first-order chi connectivity index (χ1) is 10.6. The summed E-state index contributed by atoms with van der Waals surface area (Å²) in [6.07, 6.45) is 0. The van der Waals surface area contributed by atoms with Gasteiger partial charge in [0.2, 0.25) is 0 Å². The number of nitrogens with two attached hydrogens (primary N) is 1. The fourth-order valence-electron chi connectivity index (χ4n) is 1.68. The molecule has 11 heteroatoms. The molecule has 0 heterocycles. The summed E-state index contributed by atoms with van der Waals surface area (Å²) in [5, 5.41) is 7.35.